The van der Waals surface area contributed by atoms with Crippen molar-refractivity contribution in [3.63, 3.8) is 0 Å². The Bertz CT molecular complexity index is 1060. The van der Waals surface area contributed by atoms with Crippen molar-refractivity contribution >= 4 is 16.8 Å². The maximum absolute atomic E-state index is 12.8. The van der Waals surface area contributed by atoms with Crippen LogP contribution in [0, 0.1) is 6.92 Å². The molecule has 7 nitrogen and oxygen atoms in total. The molecule has 0 bridgehead atoms. The topological polar surface area (TPSA) is 75.4 Å². The van der Waals surface area contributed by atoms with Gasteiger partial charge >= 0.3 is 0 Å². The normalized spacial score (nSPS) is 15.4. The van der Waals surface area contributed by atoms with E-state index in [0.717, 1.165) is 16.5 Å². The van der Waals surface area contributed by atoms with Gasteiger partial charge < -0.3 is 9.32 Å². The number of carbonyl (C=O) groups excluding carboxylic acids is 1. The van der Waals surface area contributed by atoms with Crippen molar-refractivity contribution < 1.29 is 18.0 Å². The average molecular weight is 429 g/mol. The van der Waals surface area contributed by atoms with Crippen molar-refractivity contribution in [2.45, 2.75) is 38.7 Å². The van der Waals surface area contributed by atoms with Crippen molar-refractivity contribution in [3.05, 3.63) is 42.0 Å². The van der Waals surface area contributed by atoms with E-state index >= 15 is 0 Å². The van der Waals surface area contributed by atoms with Gasteiger partial charge in [-0.05, 0) is 44.2 Å². The van der Waals surface area contributed by atoms with Crippen LogP contribution in [0.2, 0.25) is 0 Å². The molecule has 3 aromatic rings. The van der Waals surface area contributed by atoms with Gasteiger partial charge in [-0.1, -0.05) is 0 Å². The van der Waals surface area contributed by atoms with Crippen LogP contribution in [0.1, 0.15) is 24.4 Å². The second-order valence-corrected chi connectivity index (χ2v) is 7.97. The van der Waals surface area contributed by atoms with E-state index in [9.17, 15) is 13.6 Å². The quantitative estimate of drug-likeness (QED) is 0.598. The van der Waals surface area contributed by atoms with Crippen molar-refractivity contribution in [1.29, 1.82) is 0 Å². The molecule has 1 aliphatic rings. The molecule has 0 N–H and O–H groups in total. The lowest BCUT2D eigenvalue weighted by Crippen LogP contribution is -2.47. The van der Waals surface area contributed by atoms with E-state index in [-0.39, 0.29) is 24.9 Å². The Morgan fingerprint density at radius 2 is 2.03 bits per heavy atom. The summed E-state index contributed by atoms with van der Waals surface area (Å²) in [5.74, 6) is 1.25. The van der Waals surface area contributed by atoms with E-state index in [1.807, 2.05) is 24.3 Å². The minimum absolute atomic E-state index is 0.0226. The van der Waals surface area contributed by atoms with E-state index in [1.165, 1.54) is 0 Å². The first-order chi connectivity index (χ1) is 14.9. The highest BCUT2D eigenvalue weighted by Gasteiger charge is 2.26. The number of halogens is 2. The fourth-order valence-corrected chi connectivity index (χ4v) is 4.01. The van der Waals surface area contributed by atoms with Gasteiger partial charge in [0, 0.05) is 37.0 Å². The van der Waals surface area contributed by atoms with E-state index in [4.69, 9.17) is 4.42 Å². The molecule has 0 spiro atoms. The number of likely N-dealkylation sites (tertiary alicyclic amines) is 1. The van der Waals surface area contributed by atoms with Crippen LogP contribution >= 0.6 is 0 Å². The maximum Gasteiger partial charge on any atom is 0.251 e. The third-order valence-corrected chi connectivity index (χ3v) is 5.74. The van der Waals surface area contributed by atoms with Crippen LogP contribution in [-0.2, 0) is 11.2 Å². The second kappa shape index (κ2) is 9.05. The molecular weight excluding hydrogens is 404 g/mol. The number of hydrogen-bond acceptors (Lipinski definition) is 6. The van der Waals surface area contributed by atoms with Crippen LogP contribution in [0.3, 0.4) is 0 Å². The number of rotatable bonds is 6. The van der Waals surface area contributed by atoms with E-state index in [2.05, 4.69) is 15.2 Å². The van der Waals surface area contributed by atoms with Gasteiger partial charge in [0.1, 0.15) is 0 Å². The van der Waals surface area contributed by atoms with E-state index in [0.29, 0.717) is 43.3 Å². The molecule has 1 aromatic carbocycles. The van der Waals surface area contributed by atoms with Gasteiger partial charge in [-0.15, -0.1) is 0 Å². The number of aryl methyl sites for hydroxylation is 1. The summed E-state index contributed by atoms with van der Waals surface area (Å²) in [6.45, 7) is 2.68. The van der Waals surface area contributed by atoms with Gasteiger partial charge in [0.2, 0.25) is 5.91 Å². The first-order valence-corrected chi connectivity index (χ1v) is 10.3. The number of fused-ring (bicyclic) bond motifs is 1. The lowest BCUT2D eigenvalue weighted by atomic mass is 10.0. The number of oxazole rings is 1. The Labute approximate surface area is 179 Å². The number of benzene rings is 1. The van der Waals surface area contributed by atoms with Gasteiger partial charge in [0.15, 0.2) is 11.7 Å². The third kappa shape index (κ3) is 5.04. The Kier molecular flexibility index (Phi) is 6.22. The molecule has 1 fully saturated rings. The third-order valence-electron chi connectivity index (χ3n) is 5.74. The summed E-state index contributed by atoms with van der Waals surface area (Å²) in [5, 5.41) is 9.31. The zero-order valence-electron chi connectivity index (χ0n) is 17.6. The van der Waals surface area contributed by atoms with Crippen LogP contribution in [0.25, 0.3) is 22.2 Å². The standard InChI is InChI=1S/C22H25F2N5O2/c1-14-25-12-20(31-14)15-3-4-19-16(9-15)10-17(26-27-19)11-22(30)29-7-5-18(6-8-29)28(2)13-21(23)24/h3-4,9-10,12,18,21H,5-8,11,13H2,1-2H3. The minimum atomic E-state index is -2.34. The SMILES string of the molecule is Cc1ncc(-c2ccc3nnc(CC(=O)N4CCC(N(C)CC(F)F)CC4)cc3c2)o1. The molecule has 1 aliphatic heterocycles. The molecule has 31 heavy (non-hydrogen) atoms. The second-order valence-electron chi connectivity index (χ2n) is 7.97. The highest BCUT2D eigenvalue weighted by molar-refractivity contribution is 5.85. The van der Waals surface area contributed by atoms with Crippen molar-refractivity contribution in [2.75, 3.05) is 26.7 Å². The average Bonchev–Trinajstić information content (AvgIpc) is 3.19. The van der Waals surface area contributed by atoms with Gasteiger partial charge in [-0.2, -0.15) is 10.2 Å². The lowest BCUT2D eigenvalue weighted by molar-refractivity contribution is -0.132. The van der Waals surface area contributed by atoms with Gasteiger partial charge in [-0.3, -0.25) is 9.69 Å². The van der Waals surface area contributed by atoms with Crippen molar-refractivity contribution in [1.82, 2.24) is 25.0 Å². The number of hydrogen-bond donors (Lipinski definition) is 0. The predicted molar refractivity (Wildman–Crippen MR) is 112 cm³/mol. The monoisotopic (exact) mass is 429 g/mol. The van der Waals surface area contributed by atoms with Gasteiger partial charge in [0.25, 0.3) is 6.43 Å². The molecule has 0 unspecified atom stereocenters. The summed E-state index contributed by atoms with van der Waals surface area (Å²) < 4.78 is 30.8. The molecule has 0 radical (unpaired) electrons. The molecule has 0 atom stereocenters. The highest BCUT2D eigenvalue weighted by atomic mass is 19.3. The summed E-state index contributed by atoms with van der Waals surface area (Å²) in [6.07, 6.45) is 0.880. The number of aromatic nitrogens is 3. The fourth-order valence-electron chi connectivity index (χ4n) is 4.01. The molecule has 0 aliphatic carbocycles. The van der Waals surface area contributed by atoms with Crippen LogP contribution in [0.15, 0.2) is 34.9 Å². The first-order valence-electron chi connectivity index (χ1n) is 10.3. The van der Waals surface area contributed by atoms with Crippen molar-refractivity contribution in [3.8, 4) is 11.3 Å². The summed E-state index contributed by atoms with van der Waals surface area (Å²) >= 11 is 0. The molecule has 164 valence electrons. The number of amides is 1. The van der Waals surface area contributed by atoms with Crippen LogP contribution in [-0.4, -0.2) is 70.0 Å². The first kappa shape index (κ1) is 21.3. The molecule has 1 saturated heterocycles. The molecule has 4 rings (SSSR count). The van der Waals surface area contributed by atoms with Crippen LogP contribution in [0.4, 0.5) is 8.78 Å². The maximum atomic E-state index is 12.8. The molecule has 9 heteroatoms. The fraction of sp³-hybridized carbons (Fsp3) is 0.455. The van der Waals surface area contributed by atoms with Gasteiger partial charge in [0.05, 0.1) is 30.4 Å². The number of alkyl halides is 2. The summed E-state index contributed by atoms with van der Waals surface area (Å²) in [6, 6.07) is 7.66. The smallest absolute Gasteiger partial charge is 0.251 e. The zero-order valence-corrected chi connectivity index (χ0v) is 17.6. The molecule has 2 aromatic heterocycles. The van der Waals surface area contributed by atoms with E-state index in [1.54, 1.807) is 30.0 Å². The summed E-state index contributed by atoms with van der Waals surface area (Å²) in [5.41, 5.74) is 2.22. The Hall–Kier alpha value is -2.94. The number of piperidine rings is 1. The molecular formula is C22H25F2N5O2. The molecule has 1 amide bonds. The summed E-state index contributed by atoms with van der Waals surface area (Å²) in [7, 11) is 1.72. The Balaban J connectivity index is 1.41. The predicted octanol–water partition coefficient (Wildman–Crippen LogP) is 3.32. The van der Waals surface area contributed by atoms with Crippen LogP contribution in [0.5, 0.6) is 0 Å². The number of nitrogens with zero attached hydrogens (tertiary/aromatic N) is 5. The van der Waals surface area contributed by atoms with Gasteiger partial charge in [-0.25, -0.2) is 13.8 Å². The molecule has 3 heterocycles. The van der Waals surface area contributed by atoms with E-state index < -0.39 is 6.43 Å². The highest BCUT2D eigenvalue weighted by Crippen LogP contribution is 2.24. The Morgan fingerprint density at radius 3 is 2.71 bits per heavy atom. The van der Waals surface area contributed by atoms with Crippen molar-refractivity contribution in [2.24, 2.45) is 0 Å². The minimum Gasteiger partial charge on any atom is -0.441 e. The van der Waals surface area contributed by atoms with Crippen LogP contribution < -0.4 is 0 Å². The summed E-state index contributed by atoms with van der Waals surface area (Å²) in [4.78, 5) is 20.4. The zero-order chi connectivity index (χ0) is 22.0. The Morgan fingerprint density at radius 1 is 1.26 bits per heavy atom. The largest absolute Gasteiger partial charge is 0.441 e. The lowest BCUT2D eigenvalue weighted by Gasteiger charge is -2.36. The molecule has 0 saturated carbocycles. The number of carbonyl (C=O) groups is 1.